The van der Waals surface area contributed by atoms with Crippen LogP contribution in [0.1, 0.15) is 40.0 Å². The van der Waals surface area contributed by atoms with Crippen LogP contribution in [0.2, 0.25) is 0 Å². The van der Waals surface area contributed by atoms with E-state index in [1.54, 1.807) is 0 Å². The minimum atomic E-state index is -0.103. The maximum Gasteiger partial charge on any atom is 0.320 e. The van der Waals surface area contributed by atoms with Gasteiger partial charge in [0, 0.05) is 6.54 Å². The summed E-state index contributed by atoms with van der Waals surface area (Å²) in [7, 11) is 1.97. The highest BCUT2D eigenvalue weighted by atomic mass is 16.5. The number of hydrogen-bond acceptors (Lipinski definition) is 3. The lowest BCUT2D eigenvalue weighted by Gasteiger charge is -2.19. The fraction of sp³-hybridized carbons (Fsp3) is 0.917. The van der Waals surface area contributed by atoms with Crippen molar-refractivity contribution in [1.29, 1.82) is 0 Å². The van der Waals surface area contributed by atoms with Crippen molar-refractivity contribution >= 4 is 5.97 Å². The van der Waals surface area contributed by atoms with Gasteiger partial charge in [-0.2, -0.15) is 0 Å². The summed E-state index contributed by atoms with van der Waals surface area (Å²) in [5, 5.41) is 0. The topological polar surface area (TPSA) is 29.5 Å². The number of esters is 1. The van der Waals surface area contributed by atoms with E-state index in [4.69, 9.17) is 4.74 Å². The standard InChI is InChI=1S/C12H25NO2/c1-5-7-8-15-12(14)10-13(4)9-11(3)6-2/h11H,5-10H2,1-4H3. The van der Waals surface area contributed by atoms with Crippen molar-refractivity contribution in [1.82, 2.24) is 4.90 Å². The number of carbonyl (C=O) groups is 1. The molecule has 90 valence electrons. The van der Waals surface area contributed by atoms with Crippen molar-refractivity contribution in [2.24, 2.45) is 5.92 Å². The summed E-state index contributed by atoms with van der Waals surface area (Å²) in [5.41, 5.74) is 0. The summed E-state index contributed by atoms with van der Waals surface area (Å²) in [6, 6.07) is 0. The molecule has 0 aliphatic carbocycles. The van der Waals surface area contributed by atoms with Gasteiger partial charge in [0.2, 0.25) is 0 Å². The smallest absolute Gasteiger partial charge is 0.320 e. The Morgan fingerprint density at radius 1 is 1.40 bits per heavy atom. The van der Waals surface area contributed by atoms with Gasteiger partial charge in [0.05, 0.1) is 13.2 Å². The molecule has 0 aromatic heterocycles. The molecule has 0 aromatic rings. The lowest BCUT2D eigenvalue weighted by Crippen LogP contribution is -2.31. The molecule has 15 heavy (non-hydrogen) atoms. The monoisotopic (exact) mass is 215 g/mol. The number of rotatable bonds is 8. The Labute approximate surface area is 93.8 Å². The molecule has 0 aliphatic heterocycles. The molecule has 3 heteroatoms. The zero-order valence-corrected chi connectivity index (χ0v) is 10.6. The molecular formula is C12H25NO2. The second kappa shape index (κ2) is 8.72. The first kappa shape index (κ1) is 14.4. The van der Waals surface area contributed by atoms with Crippen molar-refractivity contribution in [3.8, 4) is 0 Å². The molecule has 1 atom stereocenters. The lowest BCUT2D eigenvalue weighted by molar-refractivity contribution is -0.144. The Balaban J connectivity index is 3.57. The van der Waals surface area contributed by atoms with Crippen LogP contribution in [0.4, 0.5) is 0 Å². The van der Waals surface area contributed by atoms with Crippen LogP contribution in [0.15, 0.2) is 0 Å². The van der Waals surface area contributed by atoms with Crippen molar-refractivity contribution in [2.45, 2.75) is 40.0 Å². The summed E-state index contributed by atoms with van der Waals surface area (Å²) < 4.78 is 5.09. The lowest BCUT2D eigenvalue weighted by atomic mass is 10.1. The molecule has 0 fully saturated rings. The zero-order chi connectivity index (χ0) is 11.7. The number of hydrogen-bond donors (Lipinski definition) is 0. The first-order valence-corrected chi connectivity index (χ1v) is 5.94. The maximum absolute atomic E-state index is 11.3. The highest BCUT2D eigenvalue weighted by Crippen LogP contribution is 2.02. The first-order valence-electron chi connectivity index (χ1n) is 5.94. The molecule has 1 unspecified atom stereocenters. The second-order valence-corrected chi connectivity index (χ2v) is 4.28. The van der Waals surface area contributed by atoms with Gasteiger partial charge in [0.15, 0.2) is 0 Å². The SMILES string of the molecule is CCCCOC(=O)CN(C)CC(C)CC. The van der Waals surface area contributed by atoms with E-state index in [0.717, 1.165) is 25.8 Å². The van der Waals surface area contributed by atoms with E-state index < -0.39 is 0 Å². The third-order valence-corrected chi connectivity index (χ3v) is 2.48. The molecule has 0 aromatic carbocycles. The maximum atomic E-state index is 11.3. The summed E-state index contributed by atoms with van der Waals surface area (Å²) in [6.07, 6.45) is 3.17. The Kier molecular flexibility index (Phi) is 8.38. The van der Waals surface area contributed by atoms with Crippen LogP contribution in [0, 0.1) is 5.92 Å². The predicted molar refractivity (Wildman–Crippen MR) is 62.8 cm³/mol. The van der Waals surface area contributed by atoms with Gasteiger partial charge in [-0.15, -0.1) is 0 Å². The van der Waals surface area contributed by atoms with Gasteiger partial charge in [0.1, 0.15) is 0 Å². The van der Waals surface area contributed by atoms with Gasteiger partial charge in [-0.1, -0.05) is 33.6 Å². The molecule has 0 heterocycles. The number of unbranched alkanes of at least 4 members (excludes halogenated alkanes) is 1. The quantitative estimate of drug-likeness (QED) is 0.459. The molecule has 0 rings (SSSR count). The molecule has 0 amide bonds. The van der Waals surface area contributed by atoms with E-state index in [1.807, 2.05) is 11.9 Å². The van der Waals surface area contributed by atoms with E-state index >= 15 is 0 Å². The van der Waals surface area contributed by atoms with E-state index in [2.05, 4.69) is 20.8 Å². The molecule has 0 saturated carbocycles. The number of ether oxygens (including phenoxy) is 1. The third-order valence-electron chi connectivity index (χ3n) is 2.48. The van der Waals surface area contributed by atoms with Gasteiger partial charge in [-0.05, 0) is 19.4 Å². The molecule has 0 saturated heterocycles. The van der Waals surface area contributed by atoms with E-state index in [-0.39, 0.29) is 5.97 Å². The first-order chi connectivity index (χ1) is 7.10. The van der Waals surface area contributed by atoms with E-state index in [0.29, 0.717) is 19.1 Å². The Hall–Kier alpha value is -0.570. The Morgan fingerprint density at radius 3 is 2.60 bits per heavy atom. The summed E-state index contributed by atoms with van der Waals surface area (Å²) in [6.45, 7) is 8.37. The minimum Gasteiger partial charge on any atom is -0.465 e. The largest absolute Gasteiger partial charge is 0.465 e. The van der Waals surface area contributed by atoms with E-state index in [1.165, 1.54) is 0 Å². The van der Waals surface area contributed by atoms with Crippen molar-refractivity contribution in [3.05, 3.63) is 0 Å². The van der Waals surface area contributed by atoms with Gasteiger partial charge in [0.25, 0.3) is 0 Å². The van der Waals surface area contributed by atoms with Gasteiger partial charge in [-0.3, -0.25) is 9.69 Å². The van der Waals surface area contributed by atoms with Crippen LogP contribution < -0.4 is 0 Å². The number of carbonyl (C=O) groups excluding carboxylic acids is 1. The fourth-order valence-electron chi connectivity index (χ4n) is 1.32. The van der Waals surface area contributed by atoms with Gasteiger partial charge < -0.3 is 4.74 Å². The fourth-order valence-corrected chi connectivity index (χ4v) is 1.32. The molecule has 0 aliphatic rings. The molecular weight excluding hydrogens is 190 g/mol. The zero-order valence-electron chi connectivity index (χ0n) is 10.6. The van der Waals surface area contributed by atoms with Crippen molar-refractivity contribution < 1.29 is 9.53 Å². The minimum absolute atomic E-state index is 0.103. The summed E-state index contributed by atoms with van der Waals surface area (Å²) in [4.78, 5) is 13.4. The molecule has 0 N–H and O–H groups in total. The van der Waals surface area contributed by atoms with Crippen LogP contribution in [-0.4, -0.2) is 37.6 Å². The van der Waals surface area contributed by atoms with Crippen LogP contribution in [-0.2, 0) is 9.53 Å². The molecule has 0 radical (unpaired) electrons. The van der Waals surface area contributed by atoms with Crippen molar-refractivity contribution in [3.63, 3.8) is 0 Å². The van der Waals surface area contributed by atoms with Crippen LogP contribution in [0.5, 0.6) is 0 Å². The van der Waals surface area contributed by atoms with Gasteiger partial charge >= 0.3 is 5.97 Å². The van der Waals surface area contributed by atoms with Crippen LogP contribution in [0.25, 0.3) is 0 Å². The molecule has 3 nitrogen and oxygen atoms in total. The molecule has 0 bridgehead atoms. The van der Waals surface area contributed by atoms with Crippen molar-refractivity contribution in [2.75, 3.05) is 26.7 Å². The Morgan fingerprint density at radius 2 is 2.07 bits per heavy atom. The Bertz CT molecular complexity index is 171. The number of nitrogens with zero attached hydrogens (tertiary/aromatic N) is 1. The predicted octanol–water partition coefficient (Wildman–Crippen LogP) is 2.31. The average Bonchev–Trinajstić information content (AvgIpc) is 2.17. The summed E-state index contributed by atoms with van der Waals surface area (Å²) in [5.74, 6) is 0.535. The third kappa shape index (κ3) is 8.43. The van der Waals surface area contributed by atoms with Crippen LogP contribution >= 0.6 is 0 Å². The number of likely N-dealkylation sites (N-methyl/N-ethyl adjacent to an activating group) is 1. The second-order valence-electron chi connectivity index (χ2n) is 4.28. The average molecular weight is 215 g/mol. The highest BCUT2D eigenvalue weighted by Gasteiger charge is 2.09. The van der Waals surface area contributed by atoms with Gasteiger partial charge in [-0.25, -0.2) is 0 Å². The normalized spacial score (nSPS) is 12.9. The molecule has 0 spiro atoms. The highest BCUT2D eigenvalue weighted by molar-refractivity contribution is 5.71. The van der Waals surface area contributed by atoms with E-state index in [9.17, 15) is 4.79 Å². The van der Waals surface area contributed by atoms with Crippen LogP contribution in [0.3, 0.4) is 0 Å². The summed E-state index contributed by atoms with van der Waals surface area (Å²) >= 11 is 0.